The minimum Gasteiger partial charge on any atom is -0.333 e. The number of hydrogen-bond donors (Lipinski definition) is 2. The topological polar surface area (TPSA) is 84.0 Å². The number of para-hydroxylation sites is 1. The molecule has 1 atom stereocenters. The third-order valence-corrected chi connectivity index (χ3v) is 5.01. The fourth-order valence-corrected chi connectivity index (χ4v) is 3.43. The molecule has 3 rings (SSSR count). The molecule has 0 radical (unpaired) electrons. The molecule has 138 valence electrons. The van der Waals surface area contributed by atoms with Crippen LogP contribution in [0.1, 0.15) is 52.3 Å². The average Bonchev–Trinajstić information content (AvgIpc) is 3.37. The van der Waals surface area contributed by atoms with Gasteiger partial charge in [0.2, 0.25) is 5.91 Å². The summed E-state index contributed by atoms with van der Waals surface area (Å²) in [6, 6.07) is 7.34. The second-order valence-electron chi connectivity index (χ2n) is 7.63. The van der Waals surface area contributed by atoms with E-state index in [9.17, 15) is 9.59 Å². The molecule has 0 saturated heterocycles. The molecule has 0 aliphatic heterocycles. The molecule has 1 heterocycles. The standard InChI is InChI=1S/C19H24N4O2S/c1-11(16(24)22-18(25)23-19(2,3)4)26-17-13-7-5-6-8-14(13)20-15(21-17)12-9-10-12/h5-8,11-12H,9-10H2,1-4H3,(H2,22,23,24,25)/t11-/m0/s1. The molecule has 1 aromatic carbocycles. The van der Waals surface area contributed by atoms with Crippen LogP contribution in [-0.2, 0) is 4.79 Å². The molecule has 7 heteroatoms. The molecule has 1 aromatic heterocycles. The molecule has 1 aliphatic carbocycles. The Bertz CT molecular complexity index is 843. The van der Waals surface area contributed by atoms with Crippen LogP contribution in [0.15, 0.2) is 29.3 Å². The van der Waals surface area contributed by atoms with Crippen LogP contribution < -0.4 is 10.6 Å². The lowest BCUT2D eigenvalue weighted by Crippen LogP contribution is -2.49. The molecular formula is C19H24N4O2S. The summed E-state index contributed by atoms with van der Waals surface area (Å²) in [5, 5.41) is 6.39. The van der Waals surface area contributed by atoms with Gasteiger partial charge < -0.3 is 5.32 Å². The summed E-state index contributed by atoms with van der Waals surface area (Å²) < 4.78 is 0. The van der Waals surface area contributed by atoms with E-state index in [1.54, 1.807) is 6.92 Å². The Morgan fingerprint density at radius 3 is 2.54 bits per heavy atom. The number of nitrogens with zero attached hydrogens (tertiary/aromatic N) is 2. The summed E-state index contributed by atoms with van der Waals surface area (Å²) in [5.41, 5.74) is 0.493. The predicted molar refractivity (Wildman–Crippen MR) is 103 cm³/mol. The van der Waals surface area contributed by atoms with E-state index in [0.29, 0.717) is 5.92 Å². The fourth-order valence-electron chi connectivity index (χ4n) is 2.48. The van der Waals surface area contributed by atoms with Gasteiger partial charge in [0.05, 0.1) is 10.8 Å². The molecule has 2 aromatic rings. The first kappa shape index (κ1) is 18.6. The Hall–Kier alpha value is -2.15. The van der Waals surface area contributed by atoms with E-state index in [0.717, 1.165) is 34.6 Å². The molecule has 1 saturated carbocycles. The summed E-state index contributed by atoms with van der Waals surface area (Å²) in [6.45, 7) is 7.36. The largest absolute Gasteiger partial charge is 0.333 e. The van der Waals surface area contributed by atoms with Crippen molar-refractivity contribution in [2.75, 3.05) is 0 Å². The van der Waals surface area contributed by atoms with Crippen molar-refractivity contribution in [3.63, 3.8) is 0 Å². The third-order valence-electron chi connectivity index (χ3n) is 3.91. The van der Waals surface area contributed by atoms with Crippen LogP contribution in [0.4, 0.5) is 4.79 Å². The van der Waals surface area contributed by atoms with Crippen LogP contribution >= 0.6 is 11.8 Å². The molecule has 0 unspecified atom stereocenters. The van der Waals surface area contributed by atoms with E-state index < -0.39 is 16.8 Å². The highest BCUT2D eigenvalue weighted by atomic mass is 32.2. The zero-order valence-corrected chi connectivity index (χ0v) is 16.3. The number of urea groups is 1. The van der Waals surface area contributed by atoms with Crippen molar-refractivity contribution in [1.29, 1.82) is 0 Å². The Labute approximate surface area is 157 Å². The number of rotatable bonds is 4. The smallest absolute Gasteiger partial charge is 0.321 e. The first-order valence-electron chi connectivity index (χ1n) is 8.79. The first-order valence-corrected chi connectivity index (χ1v) is 9.67. The molecule has 6 nitrogen and oxygen atoms in total. The number of hydrogen-bond acceptors (Lipinski definition) is 5. The van der Waals surface area contributed by atoms with Gasteiger partial charge in [-0.25, -0.2) is 14.8 Å². The number of aromatic nitrogens is 2. The van der Waals surface area contributed by atoms with Gasteiger partial charge in [-0.3, -0.25) is 10.1 Å². The van der Waals surface area contributed by atoms with Crippen LogP contribution in [0.5, 0.6) is 0 Å². The average molecular weight is 372 g/mol. The SMILES string of the molecule is C[C@H](Sc1nc(C2CC2)nc2ccccc12)C(=O)NC(=O)NC(C)(C)C. The molecule has 2 N–H and O–H groups in total. The maximum atomic E-state index is 12.4. The molecule has 1 fully saturated rings. The Morgan fingerprint density at radius 2 is 1.88 bits per heavy atom. The minimum atomic E-state index is -0.485. The second kappa shape index (κ2) is 7.23. The van der Waals surface area contributed by atoms with E-state index in [1.807, 2.05) is 45.0 Å². The monoisotopic (exact) mass is 372 g/mol. The zero-order chi connectivity index (χ0) is 18.9. The maximum Gasteiger partial charge on any atom is 0.321 e. The van der Waals surface area contributed by atoms with E-state index in [-0.39, 0.29) is 5.91 Å². The summed E-state index contributed by atoms with van der Waals surface area (Å²) >= 11 is 1.36. The van der Waals surface area contributed by atoms with Crippen molar-refractivity contribution < 1.29 is 9.59 Å². The van der Waals surface area contributed by atoms with Crippen LogP contribution in [-0.4, -0.2) is 32.7 Å². The Balaban J connectivity index is 1.75. The summed E-state index contributed by atoms with van der Waals surface area (Å²) in [7, 11) is 0. The highest BCUT2D eigenvalue weighted by molar-refractivity contribution is 8.00. The molecule has 0 bridgehead atoms. The highest BCUT2D eigenvalue weighted by Crippen LogP contribution is 2.40. The van der Waals surface area contributed by atoms with E-state index >= 15 is 0 Å². The van der Waals surface area contributed by atoms with Crippen LogP contribution in [0, 0.1) is 0 Å². The minimum absolute atomic E-state index is 0.340. The van der Waals surface area contributed by atoms with Gasteiger partial charge in [-0.1, -0.05) is 30.0 Å². The normalized spacial score (nSPS) is 15.5. The maximum absolute atomic E-state index is 12.4. The highest BCUT2D eigenvalue weighted by Gasteiger charge is 2.28. The number of thioether (sulfide) groups is 1. The zero-order valence-electron chi connectivity index (χ0n) is 15.5. The molecule has 3 amide bonds. The summed E-state index contributed by atoms with van der Waals surface area (Å²) in [5.74, 6) is 0.942. The summed E-state index contributed by atoms with van der Waals surface area (Å²) in [4.78, 5) is 33.6. The van der Waals surface area contributed by atoms with E-state index in [1.165, 1.54) is 11.8 Å². The number of carbonyl (C=O) groups is 2. The van der Waals surface area contributed by atoms with Crippen molar-refractivity contribution in [1.82, 2.24) is 20.6 Å². The fraction of sp³-hybridized carbons (Fsp3) is 0.474. The van der Waals surface area contributed by atoms with Gasteiger partial charge in [0.15, 0.2) is 0 Å². The van der Waals surface area contributed by atoms with Crippen molar-refractivity contribution in [3.8, 4) is 0 Å². The number of carbonyl (C=O) groups excluding carboxylic acids is 2. The van der Waals surface area contributed by atoms with Gasteiger partial charge >= 0.3 is 6.03 Å². The van der Waals surface area contributed by atoms with Gasteiger partial charge in [-0.2, -0.15) is 0 Å². The molecule has 1 aliphatic rings. The van der Waals surface area contributed by atoms with Gasteiger partial charge in [-0.05, 0) is 46.6 Å². The van der Waals surface area contributed by atoms with E-state index in [2.05, 4.69) is 15.6 Å². The number of imide groups is 1. The number of fused-ring (bicyclic) bond motifs is 1. The quantitative estimate of drug-likeness (QED) is 0.633. The van der Waals surface area contributed by atoms with Gasteiger partial charge in [-0.15, -0.1) is 0 Å². The van der Waals surface area contributed by atoms with Crippen molar-refractivity contribution in [2.45, 2.75) is 62.3 Å². The lowest BCUT2D eigenvalue weighted by molar-refractivity contribution is -0.119. The number of amides is 3. The van der Waals surface area contributed by atoms with Crippen LogP contribution in [0.25, 0.3) is 10.9 Å². The van der Waals surface area contributed by atoms with Crippen molar-refractivity contribution in [2.24, 2.45) is 0 Å². The lowest BCUT2D eigenvalue weighted by Gasteiger charge is -2.21. The Morgan fingerprint density at radius 1 is 1.19 bits per heavy atom. The van der Waals surface area contributed by atoms with Crippen LogP contribution in [0.3, 0.4) is 0 Å². The van der Waals surface area contributed by atoms with Gasteiger partial charge in [0.1, 0.15) is 10.9 Å². The van der Waals surface area contributed by atoms with Crippen molar-refractivity contribution >= 4 is 34.6 Å². The second-order valence-corrected chi connectivity index (χ2v) is 8.96. The van der Waals surface area contributed by atoms with Crippen LogP contribution in [0.2, 0.25) is 0 Å². The van der Waals surface area contributed by atoms with E-state index in [4.69, 9.17) is 4.98 Å². The summed E-state index contributed by atoms with van der Waals surface area (Å²) in [6.07, 6.45) is 2.23. The first-order chi connectivity index (χ1) is 12.2. The van der Waals surface area contributed by atoms with Gasteiger partial charge in [0, 0.05) is 16.8 Å². The molecule has 0 spiro atoms. The number of benzene rings is 1. The third kappa shape index (κ3) is 4.72. The number of nitrogens with one attached hydrogen (secondary N) is 2. The molecule has 26 heavy (non-hydrogen) atoms. The van der Waals surface area contributed by atoms with Crippen molar-refractivity contribution in [3.05, 3.63) is 30.1 Å². The Kier molecular flexibility index (Phi) is 5.18. The van der Waals surface area contributed by atoms with Gasteiger partial charge in [0.25, 0.3) is 0 Å². The molecular weight excluding hydrogens is 348 g/mol. The lowest BCUT2D eigenvalue weighted by atomic mass is 10.1. The predicted octanol–water partition coefficient (Wildman–Crippen LogP) is 3.61.